The smallest absolute Gasteiger partial charge is 0.0701 e. The normalized spacial score (nSPS) is 18.9. The predicted octanol–water partition coefficient (Wildman–Crippen LogP) is 4.25. The number of nitrogens with one attached hydrogen (secondary N) is 1. The Labute approximate surface area is 129 Å². The van der Waals surface area contributed by atoms with Gasteiger partial charge in [0.2, 0.25) is 0 Å². The van der Waals surface area contributed by atoms with Crippen LogP contribution in [-0.4, -0.2) is 30.6 Å². The second kappa shape index (κ2) is 7.77. The molecule has 0 aromatic carbocycles. The summed E-state index contributed by atoms with van der Waals surface area (Å²) in [5.41, 5.74) is 1.41. The zero-order chi connectivity index (χ0) is 13.7. The number of halogens is 1. The molecule has 1 N–H and O–H groups in total. The maximum atomic E-state index is 3.74. The van der Waals surface area contributed by atoms with Crippen molar-refractivity contribution in [2.45, 2.75) is 57.7 Å². The fourth-order valence-corrected chi connectivity index (χ4v) is 3.87. The summed E-state index contributed by atoms with van der Waals surface area (Å²) < 4.78 is 1.23. The maximum Gasteiger partial charge on any atom is 0.0701 e. The summed E-state index contributed by atoms with van der Waals surface area (Å²) in [6, 6.07) is 3.57. The van der Waals surface area contributed by atoms with E-state index in [1.54, 1.807) is 11.3 Å². The molecule has 0 amide bonds. The summed E-state index contributed by atoms with van der Waals surface area (Å²) in [6.07, 6.45) is 6.98. The molecule has 1 unspecified atom stereocenters. The average molecular weight is 345 g/mol. The van der Waals surface area contributed by atoms with E-state index < -0.39 is 0 Å². The predicted molar refractivity (Wildman–Crippen MR) is 87.8 cm³/mol. The topological polar surface area (TPSA) is 15.3 Å². The molecule has 1 aromatic rings. The van der Waals surface area contributed by atoms with Crippen molar-refractivity contribution in [2.75, 3.05) is 13.6 Å². The van der Waals surface area contributed by atoms with E-state index in [-0.39, 0.29) is 0 Å². The molecule has 0 aliphatic heterocycles. The summed E-state index contributed by atoms with van der Waals surface area (Å²) in [7, 11) is 2.22. The van der Waals surface area contributed by atoms with Crippen LogP contribution in [0.1, 0.15) is 44.6 Å². The molecule has 0 spiro atoms. The van der Waals surface area contributed by atoms with Crippen LogP contribution < -0.4 is 5.32 Å². The molecule has 4 heteroatoms. The number of hydrogen-bond acceptors (Lipinski definition) is 3. The molecule has 0 bridgehead atoms. The molecule has 0 saturated heterocycles. The van der Waals surface area contributed by atoms with Gasteiger partial charge in [0.15, 0.2) is 0 Å². The number of thiophene rings is 1. The lowest BCUT2D eigenvalue weighted by Crippen LogP contribution is -2.42. The average Bonchev–Trinajstić information content (AvgIpc) is 2.82. The molecule has 1 aliphatic rings. The Morgan fingerprint density at radius 2 is 2.16 bits per heavy atom. The minimum absolute atomic E-state index is 0.584. The lowest BCUT2D eigenvalue weighted by atomic mass is 9.95. The Kier molecular flexibility index (Phi) is 6.33. The molecule has 1 atom stereocenters. The van der Waals surface area contributed by atoms with E-state index in [2.05, 4.69) is 51.6 Å². The van der Waals surface area contributed by atoms with Gasteiger partial charge in [0.05, 0.1) is 3.79 Å². The zero-order valence-electron chi connectivity index (χ0n) is 12.0. The third-order valence-corrected chi connectivity index (χ3v) is 5.67. The van der Waals surface area contributed by atoms with Crippen LogP contribution in [0.2, 0.25) is 0 Å². The lowest BCUT2D eigenvalue weighted by Gasteiger charge is -2.29. The summed E-state index contributed by atoms with van der Waals surface area (Å²) in [5, 5.41) is 5.98. The van der Waals surface area contributed by atoms with Gasteiger partial charge in [0.25, 0.3) is 0 Å². The molecule has 1 fully saturated rings. The van der Waals surface area contributed by atoms with Gasteiger partial charge in [-0.1, -0.05) is 19.3 Å². The Balaban J connectivity index is 1.70. The van der Waals surface area contributed by atoms with E-state index in [1.807, 2.05) is 0 Å². The first-order valence-electron chi connectivity index (χ1n) is 7.31. The largest absolute Gasteiger partial charge is 0.312 e. The Bertz CT molecular complexity index is 374. The third-order valence-electron chi connectivity index (χ3n) is 4.11. The van der Waals surface area contributed by atoms with Gasteiger partial charge >= 0.3 is 0 Å². The standard InChI is InChI=1S/C15H25BrN2S/c1-12(9-17-14-6-4-3-5-7-14)18(2)10-13-8-15(16)19-11-13/h8,11-12,14,17H,3-7,9-10H2,1-2H3. The van der Waals surface area contributed by atoms with Crippen molar-refractivity contribution in [1.29, 1.82) is 0 Å². The van der Waals surface area contributed by atoms with Gasteiger partial charge in [-0.05, 0) is 59.8 Å². The van der Waals surface area contributed by atoms with E-state index in [9.17, 15) is 0 Å². The number of hydrogen-bond donors (Lipinski definition) is 1. The van der Waals surface area contributed by atoms with Crippen molar-refractivity contribution < 1.29 is 0 Å². The van der Waals surface area contributed by atoms with Crippen LogP contribution in [0.15, 0.2) is 15.2 Å². The van der Waals surface area contributed by atoms with Crippen molar-refractivity contribution in [2.24, 2.45) is 0 Å². The third kappa shape index (κ3) is 5.18. The van der Waals surface area contributed by atoms with E-state index in [0.717, 1.165) is 19.1 Å². The van der Waals surface area contributed by atoms with E-state index in [4.69, 9.17) is 0 Å². The van der Waals surface area contributed by atoms with Crippen LogP contribution >= 0.6 is 27.3 Å². The van der Waals surface area contributed by atoms with E-state index in [0.29, 0.717) is 6.04 Å². The first-order valence-corrected chi connectivity index (χ1v) is 8.99. The Hall–Kier alpha value is 0.100. The van der Waals surface area contributed by atoms with Gasteiger partial charge < -0.3 is 5.32 Å². The number of nitrogens with zero attached hydrogens (tertiary/aromatic N) is 1. The Morgan fingerprint density at radius 3 is 2.79 bits per heavy atom. The molecule has 1 aliphatic carbocycles. The summed E-state index contributed by atoms with van der Waals surface area (Å²) in [6.45, 7) is 4.46. The first-order chi connectivity index (χ1) is 9.15. The van der Waals surface area contributed by atoms with Gasteiger partial charge in [-0.15, -0.1) is 11.3 Å². The van der Waals surface area contributed by atoms with Gasteiger partial charge in [0.1, 0.15) is 0 Å². The van der Waals surface area contributed by atoms with Crippen LogP contribution in [0.4, 0.5) is 0 Å². The van der Waals surface area contributed by atoms with Crippen LogP contribution in [0.5, 0.6) is 0 Å². The molecule has 108 valence electrons. The number of rotatable bonds is 6. The quantitative estimate of drug-likeness (QED) is 0.829. The first kappa shape index (κ1) is 15.5. The molecule has 1 saturated carbocycles. The van der Waals surface area contributed by atoms with Crippen LogP contribution in [-0.2, 0) is 6.54 Å². The molecule has 2 rings (SSSR count). The summed E-state index contributed by atoms with van der Waals surface area (Å²) in [4.78, 5) is 2.43. The van der Waals surface area contributed by atoms with Crippen molar-refractivity contribution >= 4 is 27.3 Å². The molecule has 19 heavy (non-hydrogen) atoms. The monoisotopic (exact) mass is 344 g/mol. The highest BCUT2D eigenvalue weighted by molar-refractivity contribution is 9.11. The molecular weight excluding hydrogens is 320 g/mol. The van der Waals surface area contributed by atoms with Crippen LogP contribution in [0.25, 0.3) is 0 Å². The van der Waals surface area contributed by atoms with Crippen molar-refractivity contribution in [3.63, 3.8) is 0 Å². The van der Waals surface area contributed by atoms with Crippen LogP contribution in [0.3, 0.4) is 0 Å². The van der Waals surface area contributed by atoms with Crippen molar-refractivity contribution in [3.05, 3.63) is 20.8 Å². The van der Waals surface area contributed by atoms with Gasteiger partial charge in [0, 0.05) is 25.2 Å². The van der Waals surface area contributed by atoms with Crippen molar-refractivity contribution in [1.82, 2.24) is 10.2 Å². The molecular formula is C15H25BrN2S. The number of likely N-dealkylation sites (N-methyl/N-ethyl adjacent to an activating group) is 1. The van der Waals surface area contributed by atoms with E-state index in [1.165, 1.54) is 41.5 Å². The second-order valence-corrected chi connectivity index (χ2v) is 8.06. The Morgan fingerprint density at radius 1 is 1.42 bits per heavy atom. The summed E-state index contributed by atoms with van der Waals surface area (Å²) >= 11 is 5.30. The SMILES string of the molecule is CC(CNC1CCCCC1)N(C)Cc1csc(Br)c1. The highest BCUT2D eigenvalue weighted by Crippen LogP contribution is 2.22. The minimum atomic E-state index is 0.584. The van der Waals surface area contributed by atoms with E-state index >= 15 is 0 Å². The highest BCUT2D eigenvalue weighted by Gasteiger charge is 2.15. The lowest BCUT2D eigenvalue weighted by molar-refractivity contribution is 0.230. The molecule has 1 heterocycles. The zero-order valence-corrected chi connectivity index (χ0v) is 14.4. The van der Waals surface area contributed by atoms with Crippen LogP contribution in [0, 0.1) is 0 Å². The maximum absolute atomic E-state index is 3.74. The summed E-state index contributed by atoms with van der Waals surface area (Å²) in [5.74, 6) is 0. The van der Waals surface area contributed by atoms with Gasteiger partial charge in [-0.3, -0.25) is 4.90 Å². The van der Waals surface area contributed by atoms with Gasteiger partial charge in [-0.25, -0.2) is 0 Å². The molecule has 0 radical (unpaired) electrons. The fourth-order valence-electron chi connectivity index (χ4n) is 2.67. The van der Waals surface area contributed by atoms with Gasteiger partial charge in [-0.2, -0.15) is 0 Å². The molecule has 2 nitrogen and oxygen atoms in total. The fraction of sp³-hybridized carbons (Fsp3) is 0.733. The highest BCUT2D eigenvalue weighted by atomic mass is 79.9. The van der Waals surface area contributed by atoms with Crippen molar-refractivity contribution in [3.8, 4) is 0 Å². The minimum Gasteiger partial charge on any atom is -0.312 e. The second-order valence-electron chi connectivity index (χ2n) is 5.77. The molecule has 1 aromatic heterocycles.